The van der Waals surface area contributed by atoms with Gasteiger partial charge in [0.1, 0.15) is 5.25 Å². The van der Waals surface area contributed by atoms with Gasteiger partial charge in [-0.05, 0) is 36.4 Å². The zero-order valence-electron chi connectivity index (χ0n) is 12.5. The third-order valence-electron chi connectivity index (χ3n) is 3.47. The molecule has 0 radical (unpaired) electrons. The lowest BCUT2D eigenvalue weighted by Crippen LogP contribution is -2.33. The van der Waals surface area contributed by atoms with Crippen LogP contribution >= 0.6 is 27.7 Å². The number of benzene rings is 2. The van der Waals surface area contributed by atoms with Gasteiger partial charge in [-0.1, -0.05) is 45.9 Å². The van der Waals surface area contributed by atoms with Gasteiger partial charge in [-0.25, -0.2) is 0 Å². The minimum Gasteiger partial charge on any atom is -0.326 e. The fourth-order valence-corrected chi connectivity index (χ4v) is 3.62. The highest BCUT2D eigenvalue weighted by Gasteiger charge is 2.39. The maximum Gasteiger partial charge on any atom is 0.247 e. The van der Waals surface area contributed by atoms with Crippen molar-refractivity contribution in [3.8, 4) is 0 Å². The van der Waals surface area contributed by atoms with Crippen molar-refractivity contribution in [1.29, 1.82) is 5.41 Å². The van der Waals surface area contributed by atoms with Crippen LogP contribution in [0.15, 0.2) is 59.1 Å². The maximum atomic E-state index is 12.5. The van der Waals surface area contributed by atoms with Crippen LogP contribution in [0.4, 0.5) is 11.4 Å². The zero-order valence-corrected chi connectivity index (χ0v) is 14.9. The smallest absolute Gasteiger partial charge is 0.247 e. The second-order valence-corrected chi connectivity index (χ2v) is 7.29. The molecule has 1 aliphatic heterocycles. The molecule has 0 bridgehead atoms. The van der Waals surface area contributed by atoms with Crippen molar-refractivity contribution in [1.82, 2.24) is 0 Å². The lowest BCUT2D eigenvalue weighted by atomic mass is 10.2. The molecule has 5 nitrogen and oxygen atoms in total. The molecule has 3 rings (SSSR count). The van der Waals surface area contributed by atoms with Crippen LogP contribution in [0.2, 0.25) is 0 Å². The van der Waals surface area contributed by atoms with Crippen LogP contribution in [-0.4, -0.2) is 22.2 Å². The molecule has 24 heavy (non-hydrogen) atoms. The Morgan fingerprint density at radius 1 is 1.17 bits per heavy atom. The SMILES string of the molecule is N=C1S[C@@H](CC(=O)Nc2ccc(Br)cc2)C(=O)N1c1ccccc1. The summed E-state index contributed by atoms with van der Waals surface area (Å²) in [5, 5.41) is 10.4. The molecule has 1 fully saturated rings. The number of amidine groups is 1. The summed E-state index contributed by atoms with van der Waals surface area (Å²) in [7, 11) is 0. The van der Waals surface area contributed by atoms with Crippen molar-refractivity contribution < 1.29 is 9.59 Å². The highest BCUT2D eigenvalue weighted by atomic mass is 79.9. The van der Waals surface area contributed by atoms with Gasteiger partial charge in [0.25, 0.3) is 0 Å². The summed E-state index contributed by atoms with van der Waals surface area (Å²) in [5.74, 6) is -0.479. The molecule has 2 aromatic carbocycles. The van der Waals surface area contributed by atoms with Crippen LogP contribution in [0.5, 0.6) is 0 Å². The van der Waals surface area contributed by atoms with Crippen molar-refractivity contribution >= 4 is 56.0 Å². The zero-order chi connectivity index (χ0) is 17.1. The van der Waals surface area contributed by atoms with E-state index >= 15 is 0 Å². The lowest BCUT2D eigenvalue weighted by Gasteiger charge is -2.15. The van der Waals surface area contributed by atoms with E-state index in [9.17, 15) is 9.59 Å². The van der Waals surface area contributed by atoms with Crippen LogP contribution < -0.4 is 10.2 Å². The van der Waals surface area contributed by atoms with Crippen molar-refractivity contribution in [3.63, 3.8) is 0 Å². The van der Waals surface area contributed by atoms with Gasteiger partial charge >= 0.3 is 0 Å². The van der Waals surface area contributed by atoms with Crippen LogP contribution in [0.1, 0.15) is 6.42 Å². The number of nitrogens with zero attached hydrogens (tertiary/aromatic N) is 1. The number of amides is 2. The fourth-order valence-electron chi connectivity index (χ4n) is 2.35. The Morgan fingerprint density at radius 2 is 1.83 bits per heavy atom. The van der Waals surface area contributed by atoms with E-state index in [2.05, 4.69) is 21.2 Å². The summed E-state index contributed by atoms with van der Waals surface area (Å²) in [4.78, 5) is 26.0. The third-order valence-corrected chi connectivity index (χ3v) is 5.05. The number of nitrogens with one attached hydrogen (secondary N) is 2. The van der Waals surface area contributed by atoms with E-state index in [1.807, 2.05) is 30.3 Å². The summed E-state index contributed by atoms with van der Waals surface area (Å²) >= 11 is 4.45. The Kier molecular flexibility index (Phi) is 5.01. The van der Waals surface area contributed by atoms with Crippen molar-refractivity contribution in [3.05, 3.63) is 59.1 Å². The lowest BCUT2D eigenvalue weighted by molar-refractivity contribution is -0.121. The first-order valence-electron chi connectivity index (χ1n) is 7.24. The number of anilines is 2. The quantitative estimate of drug-likeness (QED) is 0.813. The molecular weight excluding hydrogens is 390 g/mol. The van der Waals surface area contributed by atoms with E-state index in [0.29, 0.717) is 11.4 Å². The Balaban J connectivity index is 1.65. The molecule has 1 saturated heterocycles. The highest BCUT2D eigenvalue weighted by molar-refractivity contribution is 9.10. The van der Waals surface area contributed by atoms with Crippen LogP contribution in [0.25, 0.3) is 0 Å². The van der Waals surface area contributed by atoms with Gasteiger partial charge in [-0.15, -0.1) is 0 Å². The van der Waals surface area contributed by atoms with Gasteiger partial charge in [0.2, 0.25) is 11.8 Å². The van der Waals surface area contributed by atoms with Crippen LogP contribution in [0, 0.1) is 5.41 Å². The van der Waals surface area contributed by atoms with E-state index in [1.165, 1.54) is 4.90 Å². The predicted molar refractivity (Wildman–Crippen MR) is 100 cm³/mol. The molecule has 1 heterocycles. The minimum atomic E-state index is -0.576. The van der Waals surface area contributed by atoms with Gasteiger partial charge in [-0.3, -0.25) is 19.9 Å². The molecule has 122 valence electrons. The van der Waals surface area contributed by atoms with E-state index in [1.54, 1.807) is 24.3 Å². The summed E-state index contributed by atoms with van der Waals surface area (Å²) in [6, 6.07) is 16.3. The molecule has 1 atom stereocenters. The third kappa shape index (κ3) is 3.68. The molecule has 2 aromatic rings. The van der Waals surface area contributed by atoms with E-state index in [-0.39, 0.29) is 23.4 Å². The molecule has 7 heteroatoms. The number of carbonyl (C=O) groups is 2. The number of hydrogen-bond donors (Lipinski definition) is 2. The van der Waals surface area contributed by atoms with Gasteiger partial charge in [0.15, 0.2) is 5.17 Å². The molecule has 0 aliphatic carbocycles. The molecule has 2 amide bonds. The number of hydrogen-bond acceptors (Lipinski definition) is 4. The van der Waals surface area contributed by atoms with Crippen LogP contribution in [-0.2, 0) is 9.59 Å². The normalized spacial score (nSPS) is 17.2. The first-order valence-corrected chi connectivity index (χ1v) is 8.91. The summed E-state index contributed by atoms with van der Waals surface area (Å²) in [6.07, 6.45) is 0.0330. The first-order chi connectivity index (χ1) is 11.5. The van der Waals surface area contributed by atoms with Crippen molar-refractivity contribution in [2.24, 2.45) is 0 Å². The number of rotatable bonds is 4. The highest BCUT2D eigenvalue weighted by Crippen LogP contribution is 2.32. The van der Waals surface area contributed by atoms with Crippen molar-refractivity contribution in [2.75, 3.05) is 10.2 Å². The van der Waals surface area contributed by atoms with Gasteiger partial charge in [0.05, 0.1) is 5.69 Å². The van der Waals surface area contributed by atoms with E-state index in [0.717, 1.165) is 16.2 Å². The molecule has 0 saturated carbocycles. The topological polar surface area (TPSA) is 73.3 Å². The average Bonchev–Trinajstić information content (AvgIpc) is 2.84. The van der Waals surface area contributed by atoms with E-state index < -0.39 is 5.25 Å². The second kappa shape index (κ2) is 7.19. The molecule has 2 N–H and O–H groups in total. The Hall–Kier alpha value is -2.12. The summed E-state index contributed by atoms with van der Waals surface area (Å²) in [5.41, 5.74) is 1.32. The molecule has 1 aliphatic rings. The molecule has 0 unspecified atom stereocenters. The van der Waals surface area contributed by atoms with Gasteiger partial charge < -0.3 is 5.32 Å². The number of carbonyl (C=O) groups excluding carboxylic acids is 2. The Bertz CT molecular complexity index is 780. The molecular formula is C17H14BrN3O2S. The van der Waals surface area contributed by atoms with E-state index in [4.69, 9.17) is 5.41 Å². The van der Waals surface area contributed by atoms with Gasteiger partial charge in [-0.2, -0.15) is 0 Å². The monoisotopic (exact) mass is 403 g/mol. The maximum absolute atomic E-state index is 12.5. The predicted octanol–water partition coefficient (Wildman–Crippen LogP) is 3.86. The largest absolute Gasteiger partial charge is 0.326 e. The number of para-hydroxylation sites is 1. The first kappa shape index (κ1) is 16.7. The number of halogens is 1. The molecule has 0 spiro atoms. The Labute approximate surface area is 152 Å². The standard InChI is InChI=1S/C17H14BrN3O2S/c18-11-6-8-12(9-7-11)20-15(22)10-14-16(23)21(17(19)24-14)13-4-2-1-3-5-13/h1-9,14,19H,10H2,(H,20,22)/t14-/m0/s1. The average molecular weight is 404 g/mol. The summed E-state index contributed by atoms with van der Waals surface area (Å²) in [6.45, 7) is 0. The van der Waals surface area contributed by atoms with Crippen LogP contribution in [0.3, 0.4) is 0 Å². The van der Waals surface area contributed by atoms with Gasteiger partial charge in [0, 0.05) is 16.6 Å². The summed E-state index contributed by atoms with van der Waals surface area (Å²) < 4.78 is 0.925. The van der Waals surface area contributed by atoms with Crippen molar-refractivity contribution in [2.45, 2.75) is 11.7 Å². The number of thioether (sulfide) groups is 1. The minimum absolute atomic E-state index is 0.0330. The molecule has 0 aromatic heterocycles. The second-order valence-electron chi connectivity index (χ2n) is 5.18. The Morgan fingerprint density at radius 3 is 2.50 bits per heavy atom. The fraction of sp³-hybridized carbons (Fsp3) is 0.118.